The van der Waals surface area contributed by atoms with Crippen LogP contribution in [0.25, 0.3) is 0 Å². The Bertz CT molecular complexity index is 404. The molecule has 0 aliphatic carbocycles. The van der Waals surface area contributed by atoms with Crippen molar-refractivity contribution in [1.82, 2.24) is 0 Å². The molecule has 4 atom stereocenters. The maximum Gasteiger partial charge on any atom is 0.305 e. The van der Waals surface area contributed by atoms with E-state index in [9.17, 15) is 14.7 Å². The van der Waals surface area contributed by atoms with Gasteiger partial charge >= 0.3 is 11.9 Å². The molecule has 1 fully saturated rings. The normalized spacial score (nSPS) is 26.2. The Labute approximate surface area is 148 Å². The first-order valence-corrected chi connectivity index (χ1v) is 8.93. The van der Waals surface area contributed by atoms with E-state index in [1.165, 1.54) is 6.92 Å². The summed E-state index contributed by atoms with van der Waals surface area (Å²) in [6, 6.07) is -0.660. The van der Waals surface area contributed by atoms with Crippen LogP contribution in [0.15, 0.2) is 0 Å². The first-order valence-electron chi connectivity index (χ1n) is 8.93. The molecule has 0 saturated carbocycles. The second kappa shape index (κ2) is 12.2. The molecule has 4 unspecified atom stereocenters. The molecule has 1 saturated heterocycles. The predicted octanol–water partition coefficient (Wildman–Crippen LogP) is 0.883. The molecule has 146 valence electrons. The molecule has 1 rings (SSSR count). The lowest BCUT2D eigenvalue weighted by Crippen LogP contribution is -2.55. The summed E-state index contributed by atoms with van der Waals surface area (Å²) in [7, 11) is 0. The highest BCUT2D eigenvalue weighted by molar-refractivity contribution is 5.69. The third-order valence-electron chi connectivity index (χ3n) is 3.88. The average molecular weight is 361 g/mol. The molecule has 0 radical (unpaired) electrons. The van der Waals surface area contributed by atoms with Crippen LogP contribution < -0.4 is 5.73 Å². The summed E-state index contributed by atoms with van der Waals surface area (Å²) in [5.74, 6) is -0.604. The van der Waals surface area contributed by atoms with Gasteiger partial charge in [0, 0.05) is 26.4 Å². The number of unbranched alkanes of at least 4 members (excludes halogenated alkanes) is 2. The first kappa shape index (κ1) is 21.8. The third-order valence-corrected chi connectivity index (χ3v) is 3.88. The molecular weight excluding hydrogens is 330 g/mol. The van der Waals surface area contributed by atoms with E-state index in [4.69, 9.17) is 24.7 Å². The SMILES string of the molecule is CCCCOC(=O)CCCCOC1OC(COC(C)=O)CC(O)C1N. The second-order valence-electron chi connectivity index (χ2n) is 6.21. The highest BCUT2D eigenvalue weighted by Gasteiger charge is 2.36. The Morgan fingerprint density at radius 1 is 1.20 bits per heavy atom. The summed E-state index contributed by atoms with van der Waals surface area (Å²) in [6.45, 7) is 4.23. The van der Waals surface area contributed by atoms with Crippen molar-refractivity contribution in [3.8, 4) is 0 Å². The maximum atomic E-state index is 11.5. The Kier molecular flexibility index (Phi) is 10.6. The zero-order valence-corrected chi connectivity index (χ0v) is 15.1. The maximum absolute atomic E-state index is 11.5. The lowest BCUT2D eigenvalue weighted by atomic mass is 10.0. The highest BCUT2D eigenvalue weighted by Crippen LogP contribution is 2.20. The molecule has 1 aliphatic heterocycles. The predicted molar refractivity (Wildman–Crippen MR) is 89.6 cm³/mol. The highest BCUT2D eigenvalue weighted by atomic mass is 16.7. The fraction of sp³-hybridized carbons (Fsp3) is 0.882. The van der Waals surface area contributed by atoms with Gasteiger partial charge in [0.1, 0.15) is 6.61 Å². The lowest BCUT2D eigenvalue weighted by molar-refractivity contribution is -0.233. The van der Waals surface area contributed by atoms with Crippen LogP contribution in [0.5, 0.6) is 0 Å². The minimum absolute atomic E-state index is 0.0581. The largest absolute Gasteiger partial charge is 0.466 e. The monoisotopic (exact) mass is 361 g/mol. The molecule has 1 heterocycles. The molecule has 0 bridgehead atoms. The summed E-state index contributed by atoms with van der Waals surface area (Å²) in [5.41, 5.74) is 5.89. The number of nitrogens with two attached hydrogens (primary N) is 1. The van der Waals surface area contributed by atoms with Crippen molar-refractivity contribution in [2.24, 2.45) is 5.73 Å². The lowest BCUT2D eigenvalue weighted by Gasteiger charge is -2.37. The smallest absolute Gasteiger partial charge is 0.305 e. The van der Waals surface area contributed by atoms with Crippen molar-refractivity contribution < 1.29 is 33.6 Å². The van der Waals surface area contributed by atoms with Gasteiger partial charge in [-0.1, -0.05) is 13.3 Å². The van der Waals surface area contributed by atoms with Gasteiger partial charge in [0.25, 0.3) is 0 Å². The van der Waals surface area contributed by atoms with Gasteiger partial charge in [0.2, 0.25) is 0 Å². The molecule has 3 N–H and O–H groups in total. The number of aliphatic hydroxyl groups excluding tert-OH is 1. The van der Waals surface area contributed by atoms with Gasteiger partial charge < -0.3 is 29.8 Å². The van der Waals surface area contributed by atoms with Crippen molar-refractivity contribution in [2.75, 3.05) is 19.8 Å². The van der Waals surface area contributed by atoms with E-state index in [2.05, 4.69) is 0 Å². The summed E-state index contributed by atoms with van der Waals surface area (Å²) in [5, 5.41) is 9.98. The fourth-order valence-corrected chi connectivity index (χ4v) is 2.39. The van der Waals surface area contributed by atoms with E-state index in [0.29, 0.717) is 32.5 Å². The van der Waals surface area contributed by atoms with Crippen molar-refractivity contribution >= 4 is 11.9 Å². The van der Waals surface area contributed by atoms with E-state index in [0.717, 1.165) is 12.8 Å². The number of hydrogen-bond donors (Lipinski definition) is 2. The van der Waals surface area contributed by atoms with Crippen LogP contribution in [-0.4, -0.2) is 61.4 Å². The van der Waals surface area contributed by atoms with Gasteiger partial charge in [-0.25, -0.2) is 0 Å². The summed E-state index contributed by atoms with van der Waals surface area (Å²) in [4.78, 5) is 22.3. The van der Waals surface area contributed by atoms with E-state index in [-0.39, 0.29) is 19.0 Å². The minimum atomic E-state index is -0.784. The molecular formula is C17H31NO7. The van der Waals surface area contributed by atoms with Crippen molar-refractivity contribution in [1.29, 1.82) is 0 Å². The van der Waals surface area contributed by atoms with Gasteiger partial charge in [0.05, 0.1) is 24.9 Å². The Hall–Kier alpha value is -1.22. The number of rotatable bonds is 11. The fourth-order valence-electron chi connectivity index (χ4n) is 2.39. The van der Waals surface area contributed by atoms with Crippen molar-refractivity contribution in [2.45, 2.75) is 76.9 Å². The van der Waals surface area contributed by atoms with Crippen LogP contribution >= 0.6 is 0 Å². The summed E-state index contributed by atoms with van der Waals surface area (Å²) < 4.78 is 21.2. The van der Waals surface area contributed by atoms with Crippen LogP contribution in [0.4, 0.5) is 0 Å². The summed E-state index contributed by atoms with van der Waals surface area (Å²) in [6.07, 6.45) is 1.81. The van der Waals surface area contributed by atoms with Gasteiger partial charge in [-0.15, -0.1) is 0 Å². The molecule has 25 heavy (non-hydrogen) atoms. The number of esters is 2. The van der Waals surface area contributed by atoms with Gasteiger partial charge in [-0.2, -0.15) is 0 Å². The molecule has 8 heteroatoms. The van der Waals surface area contributed by atoms with E-state index < -0.39 is 30.5 Å². The van der Waals surface area contributed by atoms with Crippen LogP contribution in [0.2, 0.25) is 0 Å². The second-order valence-corrected chi connectivity index (χ2v) is 6.21. The topological polar surface area (TPSA) is 117 Å². The molecule has 0 aromatic carbocycles. The third kappa shape index (κ3) is 9.15. The van der Waals surface area contributed by atoms with E-state index in [1.807, 2.05) is 6.92 Å². The zero-order chi connectivity index (χ0) is 18.7. The summed E-state index contributed by atoms with van der Waals surface area (Å²) >= 11 is 0. The molecule has 8 nitrogen and oxygen atoms in total. The van der Waals surface area contributed by atoms with Crippen LogP contribution in [-0.2, 0) is 28.5 Å². The van der Waals surface area contributed by atoms with Crippen LogP contribution in [0, 0.1) is 0 Å². The Morgan fingerprint density at radius 2 is 1.96 bits per heavy atom. The Balaban J connectivity index is 2.21. The van der Waals surface area contributed by atoms with E-state index in [1.54, 1.807) is 0 Å². The molecule has 1 aliphatic rings. The molecule has 0 aromatic rings. The molecule has 0 aromatic heterocycles. The Morgan fingerprint density at radius 3 is 2.64 bits per heavy atom. The van der Waals surface area contributed by atoms with Gasteiger partial charge in [0.15, 0.2) is 6.29 Å². The average Bonchev–Trinajstić information content (AvgIpc) is 2.56. The van der Waals surface area contributed by atoms with Crippen molar-refractivity contribution in [3.05, 3.63) is 0 Å². The quantitative estimate of drug-likeness (QED) is 0.411. The van der Waals surface area contributed by atoms with Crippen molar-refractivity contribution in [3.63, 3.8) is 0 Å². The van der Waals surface area contributed by atoms with Crippen LogP contribution in [0.3, 0.4) is 0 Å². The number of carbonyl (C=O) groups is 2. The molecule has 0 spiro atoms. The minimum Gasteiger partial charge on any atom is -0.466 e. The van der Waals surface area contributed by atoms with Gasteiger partial charge in [-0.05, 0) is 19.3 Å². The zero-order valence-electron chi connectivity index (χ0n) is 15.1. The number of ether oxygens (including phenoxy) is 4. The number of hydrogen-bond acceptors (Lipinski definition) is 8. The first-order chi connectivity index (χ1) is 11.9. The van der Waals surface area contributed by atoms with Gasteiger partial charge in [-0.3, -0.25) is 9.59 Å². The molecule has 0 amide bonds. The number of carbonyl (C=O) groups excluding carboxylic acids is 2. The van der Waals surface area contributed by atoms with Crippen LogP contribution in [0.1, 0.15) is 52.4 Å². The number of aliphatic hydroxyl groups is 1. The standard InChI is InChI=1S/C17H31NO7/c1-3-4-8-22-15(21)7-5-6-9-23-17-16(18)14(20)10-13(25-17)11-24-12(2)19/h13-14,16-17,20H,3-11,18H2,1-2H3. The van der Waals surface area contributed by atoms with E-state index >= 15 is 0 Å².